The second-order valence-electron chi connectivity index (χ2n) is 2.79. The first-order valence-corrected chi connectivity index (χ1v) is 3.58. The van der Waals surface area contributed by atoms with E-state index in [9.17, 15) is 0 Å². The first kappa shape index (κ1) is 6.66. The van der Waals surface area contributed by atoms with Gasteiger partial charge in [-0.1, -0.05) is 6.92 Å². The minimum atomic E-state index is 0.808. The molecule has 0 aliphatic carbocycles. The monoisotopic (exact) mass is 126 g/mol. The second kappa shape index (κ2) is 2.90. The maximum absolute atomic E-state index is 5.33. The smallest absolute Gasteiger partial charge is 0.0889 e. The number of allylic oxidation sites excluding steroid dienone is 2. The molecular weight excluding hydrogens is 112 g/mol. The first-order chi connectivity index (χ1) is 4.29. The summed E-state index contributed by atoms with van der Waals surface area (Å²) >= 11 is 0. The molecule has 9 heavy (non-hydrogen) atoms. The molecule has 0 radical (unpaired) electrons. The van der Waals surface area contributed by atoms with E-state index in [-0.39, 0.29) is 0 Å². The summed E-state index contributed by atoms with van der Waals surface area (Å²) in [5, 5.41) is 0. The van der Waals surface area contributed by atoms with Crippen LogP contribution in [0.3, 0.4) is 0 Å². The molecule has 0 aromatic rings. The standard InChI is InChI=1S/C8H14O/c1-7-3-4-8(2)9-6-5-7/h4,7H,3,5-6H2,1-2H3/t7-/m1/s1. The highest BCUT2D eigenvalue weighted by atomic mass is 16.5. The minimum Gasteiger partial charge on any atom is -0.499 e. The van der Waals surface area contributed by atoms with Gasteiger partial charge in [0.2, 0.25) is 0 Å². The average Bonchev–Trinajstić information content (AvgIpc) is 1.97. The lowest BCUT2D eigenvalue weighted by atomic mass is 10.1. The van der Waals surface area contributed by atoms with E-state index in [1.807, 2.05) is 6.92 Å². The molecule has 0 aromatic heterocycles. The number of ether oxygens (including phenoxy) is 1. The molecule has 0 saturated carbocycles. The average molecular weight is 126 g/mol. The summed E-state index contributed by atoms with van der Waals surface area (Å²) in [5.41, 5.74) is 0. The topological polar surface area (TPSA) is 9.23 Å². The van der Waals surface area contributed by atoms with Crippen LogP contribution in [0.5, 0.6) is 0 Å². The summed E-state index contributed by atoms with van der Waals surface area (Å²) in [4.78, 5) is 0. The molecule has 1 atom stereocenters. The third-order valence-electron chi connectivity index (χ3n) is 1.75. The zero-order valence-electron chi connectivity index (χ0n) is 6.18. The predicted octanol–water partition coefficient (Wildman–Crippen LogP) is 2.34. The lowest BCUT2D eigenvalue weighted by Gasteiger charge is -2.02. The largest absolute Gasteiger partial charge is 0.499 e. The Kier molecular flexibility index (Phi) is 2.15. The lowest BCUT2D eigenvalue weighted by Crippen LogP contribution is -1.94. The van der Waals surface area contributed by atoms with Crippen molar-refractivity contribution in [2.45, 2.75) is 26.7 Å². The maximum Gasteiger partial charge on any atom is 0.0889 e. The second-order valence-corrected chi connectivity index (χ2v) is 2.79. The van der Waals surface area contributed by atoms with Crippen LogP contribution < -0.4 is 0 Å². The third kappa shape index (κ3) is 2.08. The van der Waals surface area contributed by atoms with Crippen molar-refractivity contribution in [2.24, 2.45) is 5.92 Å². The molecular formula is C8H14O. The Morgan fingerprint density at radius 1 is 1.67 bits per heavy atom. The van der Waals surface area contributed by atoms with Crippen LogP contribution in [0.4, 0.5) is 0 Å². The molecule has 1 rings (SSSR count). The number of hydrogen-bond donors (Lipinski definition) is 0. The van der Waals surface area contributed by atoms with Gasteiger partial charge in [0.25, 0.3) is 0 Å². The Morgan fingerprint density at radius 3 is 3.22 bits per heavy atom. The molecule has 1 aliphatic rings. The Morgan fingerprint density at radius 2 is 2.44 bits per heavy atom. The molecule has 0 N–H and O–H groups in total. The van der Waals surface area contributed by atoms with Crippen LogP contribution >= 0.6 is 0 Å². The molecule has 0 aromatic carbocycles. The van der Waals surface area contributed by atoms with E-state index < -0.39 is 0 Å². The predicted molar refractivity (Wildman–Crippen MR) is 38.1 cm³/mol. The van der Waals surface area contributed by atoms with Crippen molar-refractivity contribution in [3.8, 4) is 0 Å². The van der Waals surface area contributed by atoms with Gasteiger partial charge in [-0.15, -0.1) is 0 Å². The van der Waals surface area contributed by atoms with E-state index >= 15 is 0 Å². The Hall–Kier alpha value is -0.460. The van der Waals surface area contributed by atoms with E-state index in [0.717, 1.165) is 18.3 Å². The van der Waals surface area contributed by atoms with Gasteiger partial charge in [-0.3, -0.25) is 0 Å². The van der Waals surface area contributed by atoms with Crippen molar-refractivity contribution in [3.63, 3.8) is 0 Å². The molecule has 0 saturated heterocycles. The van der Waals surface area contributed by atoms with E-state index in [0.29, 0.717) is 0 Å². The van der Waals surface area contributed by atoms with Crippen LogP contribution in [0.15, 0.2) is 11.8 Å². The van der Waals surface area contributed by atoms with Gasteiger partial charge in [0.05, 0.1) is 12.4 Å². The lowest BCUT2D eigenvalue weighted by molar-refractivity contribution is 0.206. The molecule has 0 spiro atoms. The van der Waals surface area contributed by atoms with E-state index in [1.165, 1.54) is 12.8 Å². The number of rotatable bonds is 0. The van der Waals surface area contributed by atoms with Crippen LogP contribution in [-0.2, 0) is 4.74 Å². The van der Waals surface area contributed by atoms with Crippen molar-refractivity contribution < 1.29 is 4.74 Å². The van der Waals surface area contributed by atoms with Crippen LogP contribution in [0.25, 0.3) is 0 Å². The van der Waals surface area contributed by atoms with E-state index in [4.69, 9.17) is 4.74 Å². The van der Waals surface area contributed by atoms with Gasteiger partial charge in [-0.05, 0) is 31.8 Å². The van der Waals surface area contributed by atoms with Gasteiger partial charge in [-0.25, -0.2) is 0 Å². The highest BCUT2D eigenvalue weighted by Crippen LogP contribution is 2.15. The van der Waals surface area contributed by atoms with Gasteiger partial charge in [0.1, 0.15) is 0 Å². The Balaban J connectivity index is 2.42. The van der Waals surface area contributed by atoms with E-state index in [2.05, 4.69) is 13.0 Å². The minimum absolute atomic E-state index is 0.808. The fourth-order valence-corrected chi connectivity index (χ4v) is 0.965. The highest BCUT2D eigenvalue weighted by Gasteiger charge is 2.04. The summed E-state index contributed by atoms with van der Waals surface area (Å²) in [6.07, 6.45) is 4.57. The Bertz CT molecular complexity index is 116. The fourth-order valence-electron chi connectivity index (χ4n) is 0.965. The molecule has 52 valence electrons. The molecule has 1 heterocycles. The maximum atomic E-state index is 5.33. The first-order valence-electron chi connectivity index (χ1n) is 3.58. The van der Waals surface area contributed by atoms with Crippen LogP contribution in [0, 0.1) is 5.92 Å². The van der Waals surface area contributed by atoms with Gasteiger partial charge >= 0.3 is 0 Å². The molecule has 1 aliphatic heterocycles. The van der Waals surface area contributed by atoms with Crippen LogP contribution in [0.1, 0.15) is 26.7 Å². The quantitative estimate of drug-likeness (QED) is 0.484. The normalized spacial score (nSPS) is 28.2. The molecule has 0 bridgehead atoms. The SMILES string of the molecule is CC1=CC[C@@H](C)CCO1. The Labute approximate surface area is 56.7 Å². The molecule has 0 fully saturated rings. The van der Waals surface area contributed by atoms with Crippen molar-refractivity contribution in [2.75, 3.05) is 6.61 Å². The summed E-state index contributed by atoms with van der Waals surface area (Å²) in [6, 6.07) is 0. The van der Waals surface area contributed by atoms with Gasteiger partial charge in [-0.2, -0.15) is 0 Å². The summed E-state index contributed by atoms with van der Waals surface area (Å²) in [7, 11) is 0. The number of hydrogen-bond acceptors (Lipinski definition) is 1. The van der Waals surface area contributed by atoms with Crippen molar-refractivity contribution in [1.82, 2.24) is 0 Å². The molecule has 1 heteroatoms. The zero-order valence-corrected chi connectivity index (χ0v) is 6.18. The zero-order chi connectivity index (χ0) is 6.69. The van der Waals surface area contributed by atoms with Crippen molar-refractivity contribution in [3.05, 3.63) is 11.8 Å². The summed E-state index contributed by atoms with van der Waals surface area (Å²) in [6.45, 7) is 5.19. The van der Waals surface area contributed by atoms with Gasteiger partial charge in [0, 0.05) is 0 Å². The van der Waals surface area contributed by atoms with Gasteiger partial charge < -0.3 is 4.74 Å². The van der Waals surface area contributed by atoms with E-state index in [1.54, 1.807) is 0 Å². The fraction of sp³-hybridized carbons (Fsp3) is 0.750. The molecule has 0 amide bonds. The van der Waals surface area contributed by atoms with Crippen molar-refractivity contribution in [1.29, 1.82) is 0 Å². The van der Waals surface area contributed by atoms with Crippen LogP contribution in [-0.4, -0.2) is 6.61 Å². The summed E-state index contributed by atoms with van der Waals surface area (Å²) in [5.74, 6) is 1.90. The van der Waals surface area contributed by atoms with Crippen molar-refractivity contribution >= 4 is 0 Å². The van der Waals surface area contributed by atoms with Gasteiger partial charge in [0.15, 0.2) is 0 Å². The highest BCUT2D eigenvalue weighted by molar-refractivity contribution is 4.91. The molecule has 1 nitrogen and oxygen atoms in total. The molecule has 0 unspecified atom stereocenters. The van der Waals surface area contributed by atoms with Crippen LogP contribution in [0.2, 0.25) is 0 Å². The summed E-state index contributed by atoms with van der Waals surface area (Å²) < 4.78 is 5.33. The third-order valence-corrected chi connectivity index (χ3v) is 1.75.